The molecule has 15 heavy (non-hydrogen) atoms. The molecule has 0 aliphatic carbocycles. The first-order valence-electron chi connectivity index (χ1n) is 6.39. The third-order valence-corrected chi connectivity index (χ3v) is 3.65. The number of nitrogens with zero attached hydrogens (tertiary/aromatic N) is 1. The monoisotopic (exact) mass is 212 g/mol. The number of likely N-dealkylation sites (tertiary alicyclic amines) is 1. The first-order chi connectivity index (χ1) is 7.38. The molecule has 0 spiro atoms. The van der Waals surface area contributed by atoms with E-state index in [0.717, 1.165) is 13.2 Å². The lowest BCUT2D eigenvalue weighted by Gasteiger charge is -2.35. The zero-order valence-electron chi connectivity index (χ0n) is 9.87. The van der Waals surface area contributed by atoms with Gasteiger partial charge in [-0.25, -0.2) is 0 Å². The number of ether oxygens (including phenoxy) is 1. The van der Waals surface area contributed by atoms with Gasteiger partial charge in [-0.1, -0.05) is 0 Å². The molecular formula is C12H24N2O. The summed E-state index contributed by atoms with van der Waals surface area (Å²) in [5.41, 5.74) is 0. The van der Waals surface area contributed by atoms with E-state index in [0.29, 0.717) is 12.1 Å². The Morgan fingerprint density at radius 1 is 1.27 bits per heavy atom. The molecule has 0 aromatic heterocycles. The van der Waals surface area contributed by atoms with Crippen LogP contribution in [0.25, 0.3) is 0 Å². The van der Waals surface area contributed by atoms with Gasteiger partial charge < -0.3 is 10.1 Å². The van der Waals surface area contributed by atoms with Crippen molar-refractivity contribution >= 4 is 0 Å². The maximum atomic E-state index is 5.79. The van der Waals surface area contributed by atoms with Gasteiger partial charge in [0.25, 0.3) is 0 Å². The fourth-order valence-corrected chi connectivity index (χ4v) is 2.70. The summed E-state index contributed by atoms with van der Waals surface area (Å²) in [6.45, 7) is 4.60. The van der Waals surface area contributed by atoms with E-state index >= 15 is 0 Å². The second-order valence-corrected chi connectivity index (χ2v) is 4.88. The van der Waals surface area contributed by atoms with Gasteiger partial charge in [0.15, 0.2) is 0 Å². The molecule has 2 aliphatic heterocycles. The lowest BCUT2D eigenvalue weighted by molar-refractivity contribution is -0.0106. The van der Waals surface area contributed by atoms with Gasteiger partial charge in [-0.05, 0) is 45.7 Å². The van der Waals surface area contributed by atoms with Crippen molar-refractivity contribution < 1.29 is 4.74 Å². The average molecular weight is 212 g/mol. The zero-order chi connectivity index (χ0) is 10.5. The molecular weight excluding hydrogens is 188 g/mol. The van der Waals surface area contributed by atoms with E-state index in [2.05, 4.69) is 17.3 Å². The summed E-state index contributed by atoms with van der Waals surface area (Å²) in [4.78, 5) is 2.57. The maximum absolute atomic E-state index is 5.79. The van der Waals surface area contributed by atoms with Crippen LogP contribution < -0.4 is 5.32 Å². The van der Waals surface area contributed by atoms with Gasteiger partial charge >= 0.3 is 0 Å². The van der Waals surface area contributed by atoms with Gasteiger partial charge in [-0.3, -0.25) is 4.90 Å². The van der Waals surface area contributed by atoms with Gasteiger partial charge in [-0.15, -0.1) is 0 Å². The van der Waals surface area contributed by atoms with Crippen LogP contribution in [-0.4, -0.2) is 50.3 Å². The topological polar surface area (TPSA) is 24.5 Å². The van der Waals surface area contributed by atoms with E-state index in [9.17, 15) is 0 Å². The predicted molar refractivity (Wildman–Crippen MR) is 62.1 cm³/mol. The van der Waals surface area contributed by atoms with E-state index < -0.39 is 0 Å². The third kappa shape index (κ3) is 3.44. The average Bonchev–Trinajstić information content (AvgIpc) is 2.31. The van der Waals surface area contributed by atoms with Crippen LogP contribution in [0.5, 0.6) is 0 Å². The van der Waals surface area contributed by atoms with Crippen molar-refractivity contribution in [1.82, 2.24) is 10.2 Å². The molecule has 3 nitrogen and oxygen atoms in total. The van der Waals surface area contributed by atoms with E-state index in [1.165, 1.54) is 45.2 Å². The number of rotatable bonds is 3. The minimum Gasteiger partial charge on any atom is -0.377 e. The smallest absolute Gasteiger partial charge is 0.0702 e. The highest BCUT2D eigenvalue weighted by molar-refractivity contribution is 4.79. The molecule has 2 unspecified atom stereocenters. The summed E-state index contributed by atoms with van der Waals surface area (Å²) in [7, 11) is 2.07. The van der Waals surface area contributed by atoms with Crippen LogP contribution in [0.2, 0.25) is 0 Å². The summed E-state index contributed by atoms with van der Waals surface area (Å²) in [6.07, 6.45) is 7.05. The summed E-state index contributed by atoms with van der Waals surface area (Å²) in [5.74, 6) is 0. The molecule has 2 heterocycles. The Labute approximate surface area is 93.2 Å². The molecule has 2 saturated heterocycles. The molecule has 0 radical (unpaired) electrons. The van der Waals surface area contributed by atoms with Crippen molar-refractivity contribution in [3.63, 3.8) is 0 Å². The van der Waals surface area contributed by atoms with Gasteiger partial charge in [0, 0.05) is 25.7 Å². The van der Waals surface area contributed by atoms with Gasteiger partial charge in [0.05, 0.1) is 6.10 Å². The van der Waals surface area contributed by atoms with E-state index in [4.69, 9.17) is 4.74 Å². The van der Waals surface area contributed by atoms with Gasteiger partial charge in [0.2, 0.25) is 0 Å². The lowest BCUT2D eigenvalue weighted by Crippen LogP contribution is -2.47. The number of piperidine rings is 1. The van der Waals surface area contributed by atoms with Crippen LogP contribution in [0.15, 0.2) is 0 Å². The maximum Gasteiger partial charge on any atom is 0.0702 e. The molecule has 88 valence electrons. The van der Waals surface area contributed by atoms with E-state index in [1.807, 2.05) is 0 Å². The number of nitrogens with one attached hydrogen (secondary N) is 1. The Morgan fingerprint density at radius 2 is 2.20 bits per heavy atom. The van der Waals surface area contributed by atoms with Crippen LogP contribution in [-0.2, 0) is 4.74 Å². The molecule has 2 atom stereocenters. The van der Waals surface area contributed by atoms with Crippen molar-refractivity contribution in [2.45, 2.75) is 44.2 Å². The van der Waals surface area contributed by atoms with E-state index in [-0.39, 0.29) is 0 Å². The second kappa shape index (κ2) is 5.83. The molecule has 0 saturated carbocycles. The minimum absolute atomic E-state index is 0.509. The second-order valence-electron chi connectivity index (χ2n) is 4.88. The Morgan fingerprint density at radius 3 is 2.93 bits per heavy atom. The summed E-state index contributed by atoms with van der Waals surface area (Å²) in [6, 6.07) is 0.697. The molecule has 2 aliphatic rings. The van der Waals surface area contributed by atoms with Crippen LogP contribution >= 0.6 is 0 Å². The summed E-state index contributed by atoms with van der Waals surface area (Å²) < 4.78 is 5.79. The Balaban J connectivity index is 1.72. The van der Waals surface area contributed by atoms with Crippen molar-refractivity contribution in [2.24, 2.45) is 0 Å². The van der Waals surface area contributed by atoms with Crippen LogP contribution in [0.1, 0.15) is 32.1 Å². The van der Waals surface area contributed by atoms with Crippen molar-refractivity contribution in [2.75, 3.05) is 33.3 Å². The highest BCUT2D eigenvalue weighted by atomic mass is 16.5. The molecule has 0 aromatic carbocycles. The highest BCUT2D eigenvalue weighted by Gasteiger charge is 2.22. The summed E-state index contributed by atoms with van der Waals surface area (Å²) in [5, 5.41) is 3.39. The Hall–Kier alpha value is -0.120. The van der Waals surface area contributed by atoms with Crippen molar-refractivity contribution in [1.29, 1.82) is 0 Å². The Bertz CT molecular complexity index is 180. The molecule has 0 amide bonds. The van der Waals surface area contributed by atoms with Crippen LogP contribution in [0.4, 0.5) is 0 Å². The van der Waals surface area contributed by atoms with E-state index in [1.54, 1.807) is 0 Å². The first kappa shape index (κ1) is 11.4. The first-order valence-corrected chi connectivity index (χ1v) is 6.39. The van der Waals surface area contributed by atoms with Gasteiger partial charge in [-0.2, -0.15) is 0 Å². The highest BCUT2D eigenvalue weighted by Crippen LogP contribution is 2.16. The Kier molecular flexibility index (Phi) is 4.42. The SMILES string of the molecule is CNC1CCCN(CC2CCCCO2)C1. The third-order valence-electron chi connectivity index (χ3n) is 3.65. The quantitative estimate of drug-likeness (QED) is 0.762. The minimum atomic E-state index is 0.509. The van der Waals surface area contributed by atoms with Crippen LogP contribution in [0, 0.1) is 0 Å². The molecule has 3 heteroatoms. The molecule has 0 bridgehead atoms. The lowest BCUT2D eigenvalue weighted by atomic mass is 10.0. The molecule has 2 fully saturated rings. The largest absolute Gasteiger partial charge is 0.377 e. The van der Waals surface area contributed by atoms with Crippen molar-refractivity contribution in [3.8, 4) is 0 Å². The predicted octanol–water partition coefficient (Wildman–Crippen LogP) is 1.24. The molecule has 1 N–H and O–H groups in total. The van der Waals surface area contributed by atoms with Crippen LogP contribution in [0.3, 0.4) is 0 Å². The standard InChI is InChI=1S/C12H24N2O/c1-13-11-5-4-7-14(9-11)10-12-6-2-3-8-15-12/h11-13H,2-10H2,1H3. The fraction of sp³-hybridized carbons (Fsp3) is 1.00. The number of hydrogen-bond donors (Lipinski definition) is 1. The number of likely N-dealkylation sites (N-methyl/N-ethyl adjacent to an activating group) is 1. The van der Waals surface area contributed by atoms with Gasteiger partial charge in [0.1, 0.15) is 0 Å². The van der Waals surface area contributed by atoms with Crippen molar-refractivity contribution in [3.05, 3.63) is 0 Å². The summed E-state index contributed by atoms with van der Waals surface area (Å²) >= 11 is 0. The fourth-order valence-electron chi connectivity index (χ4n) is 2.70. The zero-order valence-corrected chi connectivity index (χ0v) is 9.87. The number of hydrogen-bond acceptors (Lipinski definition) is 3. The normalized spacial score (nSPS) is 34.2. The molecule has 0 aromatic rings. The molecule has 2 rings (SSSR count).